The van der Waals surface area contributed by atoms with Crippen LogP contribution >= 0.6 is 11.6 Å². The molecule has 1 aromatic carbocycles. The first kappa shape index (κ1) is 38.8. The highest BCUT2D eigenvalue weighted by Gasteiger charge is 2.70. The number of benzene rings is 1. The summed E-state index contributed by atoms with van der Waals surface area (Å²) in [5, 5.41) is 26.1. The topological polar surface area (TPSA) is 95.9 Å². The first-order chi connectivity index (χ1) is 23.7. The van der Waals surface area contributed by atoms with Crippen molar-refractivity contribution in [3.05, 3.63) is 46.0 Å². The molecule has 0 radical (unpaired) electrons. The summed E-state index contributed by atoms with van der Waals surface area (Å²) in [6.45, 7) is 21.7. The first-order valence-electron chi connectivity index (χ1n) is 20.0. The van der Waals surface area contributed by atoms with E-state index in [9.17, 15) is 19.8 Å². The number of hydrogen-bond donors (Lipinski definition) is 3. The molecule has 0 heterocycles. The Morgan fingerprint density at radius 1 is 0.922 bits per heavy atom. The smallest absolute Gasteiger partial charge is 0.309 e. The summed E-state index contributed by atoms with van der Waals surface area (Å²) in [5.74, 6) is 0.611. The average Bonchev–Trinajstić information content (AvgIpc) is 3.45. The maximum atomic E-state index is 13.1. The van der Waals surface area contributed by atoms with Gasteiger partial charge in [0.2, 0.25) is 0 Å². The highest BCUT2D eigenvalue weighted by atomic mass is 35.5. The molecule has 51 heavy (non-hydrogen) atoms. The number of aliphatic hydroxyl groups is 1. The maximum Gasteiger partial charge on any atom is 0.309 e. The zero-order valence-corrected chi connectivity index (χ0v) is 33.7. The number of nitrogens with one attached hydrogen (secondary N) is 1. The van der Waals surface area contributed by atoms with E-state index in [-0.39, 0.29) is 39.6 Å². The molecule has 9 atom stereocenters. The van der Waals surface area contributed by atoms with Gasteiger partial charge in [-0.3, -0.25) is 9.59 Å². The van der Waals surface area contributed by atoms with Crippen LogP contribution in [0.2, 0.25) is 5.02 Å². The lowest BCUT2D eigenvalue weighted by atomic mass is 9.33. The summed E-state index contributed by atoms with van der Waals surface area (Å²) in [4.78, 5) is 24.8. The van der Waals surface area contributed by atoms with Gasteiger partial charge in [0.15, 0.2) is 0 Å². The van der Waals surface area contributed by atoms with Crippen molar-refractivity contribution >= 4 is 23.5 Å². The Bertz CT molecular complexity index is 1530. The van der Waals surface area contributed by atoms with Gasteiger partial charge in [-0.25, -0.2) is 0 Å². The lowest BCUT2D eigenvalue weighted by Crippen LogP contribution is -2.66. The normalized spacial score (nSPS) is 38.0. The molecular weight excluding hydrogens is 658 g/mol. The maximum absolute atomic E-state index is 13.1. The summed E-state index contributed by atoms with van der Waals surface area (Å²) >= 11 is 6.12. The van der Waals surface area contributed by atoms with Gasteiger partial charge in [0, 0.05) is 28.9 Å². The number of esters is 1. The van der Waals surface area contributed by atoms with Crippen LogP contribution in [0.25, 0.3) is 0 Å². The van der Waals surface area contributed by atoms with E-state index < -0.39 is 23.5 Å². The van der Waals surface area contributed by atoms with Gasteiger partial charge < -0.3 is 20.3 Å². The Morgan fingerprint density at radius 3 is 2.25 bits per heavy atom. The minimum atomic E-state index is -1.14. The molecule has 0 aliphatic heterocycles. The van der Waals surface area contributed by atoms with Crippen molar-refractivity contribution in [3.8, 4) is 0 Å². The molecule has 4 fully saturated rings. The van der Waals surface area contributed by atoms with Crippen LogP contribution in [0.15, 0.2) is 35.4 Å². The van der Waals surface area contributed by atoms with Gasteiger partial charge in [-0.15, -0.1) is 0 Å². The zero-order valence-electron chi connectivity index (χ0n) is 33.0. The van der Waals surface area contributed by atoms with Crippen molar-refractivity contribution in [1.29, 1.82) is 0 Å². The third-order valence-electron chi connectivity index (χ3n) is 16.3. The largest absolute Gasteiger partial charge is 0.481 e. The van der Waals surface area contributed by atoms with Crippen LogP contribution in [0.1, 0.15) is 139 Å². The second-order valence-electron chi connectivity index (χ2n) is 19.8. The second-order valence-corrected chi connectivity index (χ2v) is 20.3. The Hall–Kier alpha value is -1.89. The molecule has 284 valence electrons. The molecule has 0 aromatic heterocycles. The molecule has 0 amide bonds. The fourth-order valence-corrected chi connectivity index (χ4v) is 13.3. The van der Waals surface area contributed by atoms with E-state index in [1.54, 1.807) is 25.0 Å². The van der Waals surface area contributed by atoms with E-state index in [1.807, 2.05) is 12.1 Å². The zero-order chi connectivity index (χ0) is 37.4. The number of hydrogen-bond acceptors (Lipinski definition) is 5. The molecule has 4 saturated carbocycles. The van der Waals surface area contributed by atoms with E-state index in [1.165, 1.54) is 24.8 Å². The van der Waals surface area contributed by atoms with E-state index in [2.05, 4.69) is 65.9 Å². The summed E-state index contributed by atoms with van der Waals surface area (Å²) < 4.78 is 6.18. The molecule has 1 aromatic rings. The van der Waals surface area contributed by atoms with Crippen LogP contribution < -0.4 is 5.32 Å². The molecular formula is C44H66ClNO5. The molecule has 5 aliphatic carbocycles. The number of halogens is 1. The SMILES string of the molecule is CC(C)C1=C2[C@H]3CC[C@@H]4[C@@]5(C)CC[C@H](OC(=O)CC(C)(C)C(=O)O)C(C)(C)[C@@H]5CC[C@@]4(C)[C@]3(C)CC[C@@]2([C@H](O)CNCc2ccc(Cl)cc2)CC1. The number of carboxylic acid groups (broad SMARTS) is 1. The van der Waals surface area contributed by atoms with E-state index in [0.717, 1.165) is 56.5 Å². The number of aliphatic carboxylic acids is 1. The molecule has 6 nitrogen and oxygen atoms in total. The van der Waals surface area contributed by atoms with E-state index in [4.69, 9.17) is 16.3 Å². The number of carboxylic acids is 1. The highest BCUT2D eigenvalue weighted by molar-refractivity contribution is 6.30. The quantitative estimate of drug-likeness (QED) is 0.164. The summed E-state index contributed by atoms with van der Waals surface area (Å²) in [6.07, 6.45) is 10.2. The third kappa shape index (κ3) is 6.23. The second kappa shape index (κ2) is 13.4. The Morgan fingerprint density at radius 2 is 1.61 bits per heavy atom. The minimum absolute atomic E-state index is 0.111. The van der Waals surface area contributed by atoms with Crippen LogP contribution in [-0.4, -0.2) is 40.9 Å². The molecule has 0 unspecified atom stereocenters. The number of carbonyl (C=O) groups excluding carboxylic acids is 1. The van der Waals surface area contributed by atoms with Crippen LogP contribution in [0.4, 0.5) is 0 Å². The number of ether oxygens (including phenoxy) is 1. The summed E-state index contributed by atoms with van der Waals surface area (Å²) in [6, 6.07) is 7.98. The standard InChI is InChI=1S/C44H66ClNO5/c1-27(2)30-16-21-44(34(47)26-46-25-28-10-12-29(45)13-11-28)23-22-42(8)31(37(30)44)14-15-33-41(7)19-18-35(51-36(48)24-39(3,4)38(49)50)40(5,6)32(41)17-20-43(33,42)9/h10-13,27,31-35,46-47H,14-26H2,1-9H3,(H,49,50)/t31-,32+,33-,34-,35+,41+,42-,43-,44-/m1/s1. The predicted octanol–water partition coefficient (Wildman–Crippen LogP) is 10.0. The lowest BCUT2D eigenvalue weighted by molar-refractivity contribution is -0.235. The molecule has 7 heteroatoms. The van der Waals surface area contributed by atoms with Gasteiger partial charge in [0.05, 0.1) is 17.9 Å². The Balaban J connectivity index is 1.23. The van der Waals surface area contributed by atoms with Crippen molar-refractivity contribution in [2.24, 2.45) is 56.2 Å². The van der Waals surface area contributed by atoms with Crippen molar-refractivity contribution in [2.45, 2.75) is 152 Å². The Labute approximate surface area is 312 Å². The van der Waals surface area contributed by atoms with Crippen LogP contribution in [0.3, 0.4) is 0 Å². The van der Waals surface area contributed by atoms with Gasteiger partial charge in [-0.1, -0.05) is 83.3 Å². The number of carbonyl (C=O) groups is 2. The predicted molar refractivity (Wildman–Crippen MR) is 204 cm³/mol. The third-order valence-corrected chi connectivity index (χ3v) is 16.6. The molecule has 0 bridgehead atoms. The summed E-state index contributed by atoms with van der Waals surface area (Å²) in [5.41, 5.74) is 3.42. The van der Waals surface area contributed by atoms with Gasteiger partial charge in [-0.2, -0.15) is 0 Å². The molecule has 6 rings (SSSR count). The Kier molecular flexibility index (Phi) is 10.2. The first-order valence-corrected chi connectivity index (χ1v) is 20.4. The molecule has 0 spiro atoms. The minimum Gasteiger partial charge on any atom is -0.481 e. The van der Waals surface area contributed by atoms with Crippen molar-refractivity contribution in [2.75, 3.05) is 6.54 Å². The van der Waals surface area contributed by atoms with E-state index in [0.29, 0.717) is 30.2 Å². The number of aliphatic hydroxyl groups excluding tert-OH is 1. The summed E-state index contributed by atoms with van der Waals surface area (Å²) in [7, 11) is 0. The van der Waals surface area contributed by atoms with E-state index >= 15 is 0 Å². The number of allylic oxidation sites excluding steroid dienone is 1. The van der Waals surface area contributed by atoms with Gasteiger partial charge in [0.1, 0.15) is 6.10 Å². The fraction of sp³-hybridized carbons (Fsp3) is 0.773. The van der Waals surface area contributed by atoms with Gasteiger partial charge in [-0.05, 0) is 136 Å². The van der Waals surface area contributed by atoms with Crippen LogP contribution in [-0.2, 0) is 20.9 Å². The fourth-order valence-electron chi connectivity index (χ4n) is 13.2. The van der Waals surface area contributed by atoms with Crippen LogP contribution in [0, 0.1) is 56.2 Å². The lowest BCUT2D eigenvalue weighted by Gasteiger charge is -2.72. The van der Waals surface area contributed by atoms with Gasteiger partial charge >= 0.3 is 11.9 Å². The monoisotopic (exact) mass is 723 g/mol. The van der Waals surface area contributed by atoms with Crippen molar-refractivity contribution < 1.29 is 24.5 Å². The number of fused-ring (bicyclic) bond motifs is 7. The molecule has 3 N–H and O–H groups in total. The molecule has 0 saturated heterocycles. The highest BCUT2D eigenvalue weighted by Crippen LogP contribution is 2.77. The van der Waals surface area contributed by atoms with Crippen LogP contribution in [0.5, 0.6) is 0 Å². The van der Waals surface area contributed by atoms with Crippen molar-refractivity contribution in [3.63, 3.8) is 0 Å². The molecule has 5 aliphatic rings. The van der Waals surface area contributed by atoms with Crippen molar-refractivity contribution in [1.82, 2.24) is 5.32 Å². The number of rotatable bonds is 10. The van der Waals surface area contributed by atoms with Gasteiger partial charge in [0.25, 0.3) is 0 Å². The average molecular weight is 724 g/mol.